The largest absolute Gasteiger partial charge is 0.493 e. The van der Waals surface area contributed by atoms with Gasteiger partial charge in [-0.15, -0.1) is 0 Å². The zero-order chi connectivity index (χ0) is 12.4. The van der Waals surface area contributed by atoms with E-state index in [0.717, 1.165) is 12.4 Å². The molecule has 0 aromatic heterocycles. The summed E-state index contributed by atoms with van der Waals surface area (Å²) < 4.78 is 5.73. The van der Waals surface area contributed by atoms with Crippen molar-refractivity contribution in [2.45, 2.75) is 25.0 Å². The van der Waals surface area contributed by atoms with E-state index in [2.05, 4.69) is 48.2 Å². The third-order valence-electron chi connectivity index (χ3n) is 3.49. The minimum absolute atomic E-state index is 0.672. The first-order chi connectivity index (χ1) is 8.90. The molecule has 0 saturated carbocycles. The van der Waals surface area contributed by atoms with E-state index in [9.17, 15) is 0 Å². The average Bonchev–Trinajstić information content (AvgIpc) is 2.93. The molecule has 0 bridgehead atoms. The molecule has 1 nitrogen and oxygen atoms in total. The van der Waals surface area contributed by atoms with E-state index in [4.69, 9.17) is 4.74 Å². The fourth-order valence-electron chi connectivity index (χ4n) is 2.68. The van der Waals surface area contributed by atoms with E-state index in [1.54, 1.807) is 0 Å². The lowest BCUT2D eigenvalue weighted by Gasteiger charge is -2.15. The third kappa shape index (κ3) is 2.10. The Morgan fingerprint density at radius 2 is 2.00 bits per heavy atom. The van der Waals surface area contributed by atoms with Crippen molar-refractivity contribution in [3.05, 3.63) is 42.0 Å². The molecule has 1 saturated heterocycles. The molecule has 2 aromatic carbocycles. The highest BCUT2D eigenvalue weighted by atomic mass is 32.2. The summed E-state index contributed by atoms with van der Waals surface area (Å²) in [5.74, 6) is 2.31. The van der Waals surface area contributed by atoms with Crippen LogP contribution in [-0.4, -0.2) is 12.4 Å². The number of hydrogen-bond donors (Lipinski definition) is 0. The molecule has 1 unspecified atom stereocenters. The van der Waals surface area contributed by atoms with E-state index in [1.807, 2.05) is 6.92 Å². The Balaban J connectivity index is 2.13. The van der Waals surface area contributed by atoms with Crippen LogP contribution in [0, 0.1) is 0 Å². The SMILES string of the molecule is CCOc1ccc(C2CCCS2)c2ccccc12. The summed E-state index contributed by atoms with van der Waals surface area (Å²) in [6.45, 7) is 2.76. The van der Waals surface area contributed by atoms with Gasteiger partial charge in [0.05, 0.1) is 6.61 Å². The predicted octanol–water partition coefficient (Wildman–Crippen LogP) is 4.81. The van der Waals surface area contributed by atoms with Gasteiger partial charge >= 0.3 is 0 Å². The van der Waals surface area contributed by atoms with Crippen LogP contribution in [0.4, 0.5) is 0 Å². The first-order valence-electron chi connectivity index (χ1n) is 6.66. The van der Waals surface area contributed by atoms with Crippen LogP contribution >= 0.6 is 11.8 Å². The summed E-state index contributed by atoms with van der Waals surface area (Å²) in [5.41, 5.74) is 1.48. The number of benzene rings is 2. The average molecular weight is 258 g/mol. The highest BCUT2D eigenvalue weighted by molar-refractivity contribution is 7.99. The lowest BCUT2D eigenvalue weighted by atomic mass is 9.99. The standard InChI is InChI=1S/C16H18OS/c1-2-17-15-10-9-14(16-8-5-11-18-16)12-6-3-4-7-13(12)15/h3-4,6-7,9-10,16H,2,5,8,11H2,1H3. The zero-order valence-corrected chi connectivity index (χ0v) is 11.5. The topological polar surface area (TPSA) is 9.23 Å². The minimum atomic E-state index is 0.672. The van der Waals surface area contributed by atoms with Gasteiger partial charge in [0, 0.05) is 10.6 Å². The molecule has 1 fully saturated rings. The molecular formula is C16H18OS. The van der Waals surface area contributed by atoms with Crippen LogP contribution in [0.2, 0.25) is 0 Å². The third-order valence-corrected chi connectivity index (χ3v) is 4.91. The molecule has 0 amide bonds. The van der Waals surface area contributed by atoms with Gasteiger partial charge in [-0.25, -0.2) is 0 Å². The van der Waals surface area contributed by atoms with Crippen LogP contribution in [0.5, 0.6) is 5.75 Å². The zero-order valence-electron chi connectivity index (χ0n) is 10.7. The number of thioether (sulfide) groups is 1. The fraction of sp³-hybridized carbons (Fsp3) is 0.375. The molecule has 94 valence electrons. The Labute approximate surface area is 113 Å². The van der Waals surface area contributed by atoms with Gasteiger partial charge in [0.1, 0.15) is 5.75 Å². The molecule has 2 aromatic rings. The summed E-state index contributed by atoms with van der Waals surface area (Å²) in [6.07, 6.45) is 2.65. The van der Waals surface area contributed by atoms with E-state index in [1.165, 1.54) is 34.9 Å². The molecule has 0 N–H and O–H groups in total. The molecule has 1 atom stereocenters. The Kier molecular flexibility index (Phi) is 3.46. The highest BCUT2D eigenvalue weighted by Gasteiger charge is 2.20. The van der Waals surface area contributed by atoms with Gasteiger partial charge in [-0.3, -0.25) is 0 Å². The first-order valence-corrected chi connectivity index (χ1v) is 7.71. The maximum absolute atomic E-state index is 5.73. The van der Waals surface area contributed by atoms with Gasteiger partial charge in [-0.05, 0) is 42.5 Å². The van der Waals surface area contributed by atoms with Crippen molar-refractivity contribution in [2.24, 2.45) is 0 Å². The predicted molar refractivity (Wildman–Crippen MR) is 79.6 cm³/mol. The Morgan fingerprint density at radius 3 is 2.72 bits per heavy atom. The Morgan fingerprint density at radius 1 is 1.17 bits per heavy atom. The van der Waals surface area contributed by atoms with Gasteiger partial charge in [0.25, 0.3) is 0 Å². The van der Waals surface area contributed by atoms with Crippen molar-refractivity contribution in [1.29, 1.82) is 0 Å². The van der Waals surface area contributed by atoms with Gasteiger partial charge in [0.2, 0.25) is 0 Å². The maximum Gasteiger partial charge on any atom is 0.127 e. The molecule has 3 rings (SSSR count). The van der Waals surface area contributed by atoms with Crippen molar-refractivity contribution < 1.29 is 4.74 Å². The number of rotatable bonds is 3. The van der Waals surface area contributed by atoms with Crippen molar-refractivity contribution >= 4 is 22.5 Å². The van der Waals surface area contributed by atoms with Gasteiger partial charge < -0.3 is 4.74 Å². The summed E-state index contributed by atoms with van der Waals surface area (Å²) in [5, 5.41) is 3.29. The van der Waals surface area contributed by atoms with E-state index < -0.39 is 0 Å². The number of hydrogen-bond acceptors (Lipinski definition) is 2. The van der Waals surface area contributed by atoms with E-state index in [-0.39, 0.29) is 0 Å². The molecule has 1 aliphatic rings. The second-order valence-corrected chi connectivity index (χ2v) is 5.94. The van der Waals surface area contributed by atoms with Crippen LogP contribution in [0.1, 0.15) is 30.6 Å². The fourth-order valence-corrected chi connectivity index (χ4v) is 4.02. The van der Waals surface area contributed by atoms with Crippen molar-refractivity contribution in [2.75, 3.05) is 12.4 Å². The monoisotopic (exact) mass is 258 g/mol. The summed E-state index contributed by atoms with van der Waals surface area (Å²) in [6, 6.07) is 13.0. The van der Waals surface area contributed by atoms with Crippen molar-refractivity contribution in [3.8, 4) is 5.75 Å². The summed E-state index contributed by atoms with van der Waals surface area (Å²) in [4.78, 5) is 0. The second-order valence-electron chi connectivity index (χ2n) is 4.63. The summed E-state index contributed by atoms with van der Waals surface area (Å²) in [7, 11) is 0. The van der Waals surface area contributed by atoms with Gasteiger partial charge in [0.15, 0.2) is 0 Å². The van der Waals surface area contributed by atoms with Crippen LogP contribution in [-0.2, 0) is 0 Å². The van der Waals surface area contributed by atoms with Crippen LogP contribution in [0.15, 0.2) is 36.4 Å². The van der Waals surface area contributed by atoms with Gasteiger partial charge in [-0.1, -0.05) is 30.3 Å². The molecular weight excluding hydrogens is 240 g/mol. The quantitative estimate of drug-likeness (QED) is 0.781. The van der Waals surface area contributed by atoms with Crippen LogP contribution in [0.25, 0.3) is 10.8 Å². The molecule has 1 heterocycles. The number of ether oxygens (including phenoxy) is 1. The highest BCUT2D eigenvalue weighted by Crippen LogP contribution is 2.43. The smallest absolute Gasteiger partial charge is 0.127 e. The maximum atomic E-state index is 5.73. The molecule has 1 aliphatic heterocycles. The normalized spacial score (nSPS) is 19.3. The van der Waals surface area contributed by atoms with Gasteiger partial charge in [-0.2, -0.15) is 11.8 Å². The van der Waals surface area contributed by atoms with Crippen molar-refractivity contribution in [3.63, 3.8) is 0 Å². The van der Waals surface area contributed by atoms with E-state index in [0.29, 0.717) is 5.25 Å². The molecule has 18 heavy (non-hydrogen) atoms. The molecule has 2 heteroatoms. The first kappa shape index (κ1) is 11.9. The van der Waals surface area contributed by atoms with E-state index >= 15 is 0 Å². The lowest BCUT2D eigenvalue weighted by Crippen LogP contribution is -1.96. The molecule has 0 spiro atoms. The minimum Gasteiger partial charge on any atom is -0.493 e. The molecule has 0 aliphatic carbocycles. The summed E-state index contributed by atoms with van der Waals surface area (Å²) >= 11 is 2.09. The molecule has 0 radical (unpaired) electrons. The number of fused-ring (bicyclic) bond motifs is 1. The Bertz CT molecular complexity index is 544. The van der Waals surface area contributed by atoms with Crippen LogP contribution < -0.4 is 4.74 Å². The Hall–Kier alpha value is -1.15. The van der Waals surface area contributed by atoms with Crippen molar-refractivity contribution in [1.82, 2.24) is 0 Å². The lowest BCUT2D eigenvalue weighted by molar-refractivity contribution is 0.344. The second kappa shape index (κ2) is 5.23. The van der Waals surface area contributed by atoms with Crippen LogP contribution in [0.3, 0.4) is 0 Å².